The second-order valence-corrected chi connectivity index (χ2v) is 4.39. The Morgan fingerprint density at radius 3 is 1.95 bits per heavy atom. The summed E-state index contributed by atoms with van der Waals surface area (Å²) in [5.41, 5.74) is 5.35. The Bertz CT molecular complexity index is 813. The van der Waals surface area contributed by atoms with E-state index in [2.05, 4.69) is 0 Å². The Balaban J connectivity index is 1.86. The van der Waals surface area contributed by atoms with Crippen LogP contribution in [-0.2, 0) is 0 Å². The van der Waals surface area contributed by atoms with Crippen LogP contribution in [0, 0.1) is 0 Å². The van der Waals surface area contributed by atoms with E-state index >= 15 is 0 Å². The molecule has 4 nitrogen and oxygen atoms in total. The van der Waals surface area contributed by atoms with Gasteiger partial charge >= 0.3 is 0 Å². The van der Waals surface area contributed by atoms with Crippen molar-refractivity contribution in [3.63, 3.8) is 0 Å². The van der Waals surface area contributed by atoms with E-state index in [-0.39, 0.29) is 5.69 Å². The van der Waals surface area contributed by atoms with Crippen LogP contribution in [0.3, 0.4) is 0 Å². The van der Waals surface area contributed by atoms with Crippen molar-refractivity contribution < 1.29 is 4.74 Å². The maximum absolute atomic E-state index is 11.4. The van der Waals surface area contributed by atoms with Crippen LogP contribution >= 0.6 is 0 Å². The highest BCUT2D eigenvalue weighted by atomic mass is 16.5. The number of rotatable bonds is 3. The number of para-hydroxylation sites is 1. The second kappa shape index (κ2) is 4.66. The molecule has 0 aliphatic carbocycles. The van der Waals surface area contributed by atoms with Crippen molar-refractivity contribution in [3.8, 4) is 22.6 Å². The summed E-state index contributed by atoms with van der Waals surface area (Å²) in [4.78, 5) is 22.5. The molecule has 2 N–H and O–H groups in total. The van der Waals surface area contributed by atoms with Crippen LogP contribution in [0.4, 0.5) is 5.69 Å². The fourth-order valence-corrected chi connectivity index (χ4v) is 2.01. The van der Waals surface area contributed by atoms with Crippen LogP contribution in [0.25, 0.3) is 11.1 Å². The molecule has 0 heterocycles. The molecule has 0 bridgehead atoms. The SMILES string of the molecule is Nc1c(-c2ccc(Oc3ccccc3)cc2)c(=O)c1=O. The highest BCUT2D eigenvalue weighted by Gasteiger charge is 2.19. The van der Waals surface area contributed by atoms with Gasteiger partial charge in [0.25, 0.3) is 0 Å². The zero-order valence-electron chi connectivity index (χ0n) is 10.5. The van der Waals surface area contributed by atoms with Gasteiger partial charge in [-0.05, 0) is 29.8 Å². The normalized spacial score (nSPS) is 10.6. The molecular weight excluding hydrogens is 254 g/mol. The van der Waals surface area contributed by atoms with Crippen LogP contribution in [-0.4, -0.2) is 0 Å². The average Bonchev–Trinajstić information content (AvgIpc) is 2.50. The van der Waals surface area contributed by atoms with Crippen molar-refractivity contribution in [2.75, 3.05) is 5.73 Å². The summed E-state index contributed by atoms with van der Waals surface area (Å²) in [6.07, 6.45) is 0. The predicted octanol–water partition coefficient (Wildman–Crippen LogP) is 2.32. The molecule has 4 heteroatoms. The maximum atomic E-state index is 11.4. The van der Waals surface area contributed by atoms with Gasteiger partial charge in [0.15, 0.2) is 0 Å². The topological polar surface area (TPSA) is 69.4 Å². The minimum absolute atomic E-state index is 0.0340. The van der Waals surface area contributed by atoms with Crippen molar-refractivity contribution in [1.29, 1.82) is 0 Å². The number of ether oxygens (including phenoxy) is 1. The summed E-state index contributed by atoms with van der Waals surface area (Å²) in [5.74, 6) is 1.38. The molecule has 0 saturated heterocycles. The maximum Gasteiger partial charge on any atom is 0.249 e. The quantitative estimate of drug-likeness (QED) is 0.738. The van der Waals surface area contributed by atoms with E-state index in [4.69, 9.17) is 10.5 Å². The van der Waals surface area contributed by atoms with Gasteiger partial charge in [-0.25, -0.2) is 0 Å². The van der Waals surface area contributed by atoms with E-state index in [1.165, 1.54) is 0 Å². The lowest BCUT2D eigenvalue weighted by molar-refractivity contribution is 0.483. The third-order valence-corrected chi connectivity index (χ3v) is 3.07. The van der Waals surface area contributed by atoms with Crippen molar-refractivity contribution in [3.05, 3.63) is 75.0 Å². The number of hydrogen-bond acceptors (Lipinski definition) is 4. The summed E-state index contributed by atoms with van der Waals surface area (Å²) < 4.78 is 5.64. The van der Waals surface area contributed by atoms with Crippen molar-refractivity contribution in [2.24, 2.45) is 0 Å². The number of anilines is 1. The molecule has 0 radical (unpaired) electrons. The molecule has 0 aliphatic rings. The van der Waals surface area contributed by atoms with Gasteiger partial charge in [-0.1, -0.05) is 30.3 Å². The van der Waals surface area contributed by atoms with Gasteiger partial charge in [-0.2, -0.15) is 0 Å². The van der Waals surface area contributed by atoms with Gasteiger partial charge in [-0.3, -0.25) is 9.59 Å². The lowest BCUT2D eigenvalue weighted by Gasteiger charge is -2.09. The van der Waals surface area contributed by atoms with E-state index < -0.39 is 10.9 Å². The van der Waals surface area contributed by atoms with E-state index in [1.54, 1.807) is 24.3 Å². The number of benzene rings is 2. The molecular formula is C16H11NO3. The lowest BCUT2D eigenvalue weighted by Crippen LogP contribution is -2.35. The predicted molar refractivity (Wildman–Crippen MR) is 77.7 cm³/mol. The summed E-state index contributed by atoms with van der Waals surface area (Å²) >= 11 is 0. The Labute approximate surface area is 114 Å². The van der Waals surface area contributed by atoms with E-state index in [0.29, 0.717) is 16.9 Å². The van der Waals surface area contributed by atoms with Gasteiger partial charge in [0.05, 0.1) is 11.3 Å². The van der Waals surface area contributed by atoms with Crippen LogP contribution in [0.1, 0.15) is 0 Å². The Morgan fingerprint density at radius 2 is 1.35 bits per heavy atom. The smallest absolute Gasteiger partial charge is 0.249 e. The monoisotopic (exact) mass is 265 g/mol. The van der Waals surface area contributed by atoms with E-state index in [0.717, 1.165) is 5.75 Å². The average molecular weight is 265 g/mol. The Morgan fingerprint density at radius 1 is 0.750 bits per heavy atom. The number of hydrogen-bond donors (Lipinski definition) is 1. The van der Waals surface area contributed by atoms with Gasteiger partial charge in [0.1, 0.15) is 11.5 Å². The molecule has 0 aliphatic heterocycles. The molecule has 0 atom stereocenters. The first-order valence-corrected chi connectivity index (χ1v) is 6.09. The van der Waals surface area contributed by atoms with Crippen molar-refractivity contribution in [1.82, 2.24) is 0 Å². The molecule has 0 saturated carbocycles. The summed E-state index contributed by atoms with van der Waals surface area (Å²) in [7, 11) is 0. The van der Waals surface area contributed by atoms with Gasteiger partial charge in [-0.15, -0.1) is 0 Å². The summed E-state index contributed by atoms with van der Waals surface area (Å²) in [6, 6.07) is 16.3. The molecule has 0 fully saturated rings. The molecule has 0 unspecified atom stereocenters. The third-order valence-electron chi connectivity index (χ3n) is 3.07. The zero-order chi connectivity index (χ0) is 14.1. The van der Waals surface area contributed by atoms with Gasteiger partial charge in [0.2, 0.25) is 10.9 Å². The van der Waals surface area contributed by atoms with Crippen LogP contribution in [0.15, 0.2) is 64.2 Å². The first-order valence-electron chi connectivity index (χ1n) is 6.09. The first-order chi connectivity index (χ1) is 9.66. The van der Waals surface area contributed by atoms with E-state index in [1.807, 2.05) is 30.3 Å². The third kappa shape index (κ3) is 1.97. The van der Waals surface area contributed by atoms with Gasteiger partial charge in [0, 0.05) is 0 Å². The minimum Gasteiger partial charge on any atom is -0.457 e. The Hall–Kier alpha value is -2.88. The number of nitrogens with two attached hydrogens (primary N) is 1. The number of nitrogen functional groups attached to an aromatic ring is 1. The molecule has 3 aromatic rings. The second-order valence-electron chi connectivity index (χ2n) is 4.39. The first kappa shape index (κ1) is 12.2. The Kier molecular flexibility index (Phi) is 2.84. The summed E-state index contributed by atoms with van der Waals surface area (Å²) in [6.45, 7) is 0. The van der Waals surface area contributed by atoms with Gasteiger partial charge < -0.3 is 10.5 Å². The van der Waals surface area contributed by atoms with Crippen molar-refractivity contribution in [2.45, 2.75) is 0 Å². The highest BCUT2D eigenvalue weighted by Crippen LogP contribution is 2.26. The van der Waals surface area contributed by atoms with E-state index in [9.17, 15) is 9.59 Å². The molecule has 0 amide bonds. The van der Waals surface area contributed by atoms with Crippen LogP contribution < -0.4 is 21.3 Å². The highest BCUT2D eigenvalue weighted by molar-refractivity contribution is 5.80. The lowest BCUT2D eigenvalue weighted by atomic mass is 9.99. The fraction of sp³-hybridized carbons (Fsp3) is 0. The molecule has 3 aromatic carbocycles. The molecule has 0 aromatic heterocycles. The molecule has 3 rings (SSSR count). The van der Waals surface area contributed by atoms with Crippen LogP contribution in [0.2, 0.25) is 0 Å². The molecule has 20 heavy (non-hydrogen) atoms. The molecule has 98 valence electrons. The fourth-order valence-electron chi connectivity index (χ4n) is 2.01. The summed E-state index contributed by atoms with van der Waals surface area (Å²) in [5, 5.41) is 0. The largest absolute Gasteiger partial charge is 0.457 e. The van der Waals surface area contributed by atoms with Crippen LogP contribution in [0.5, 0.6) is 11.5 Å². The van der Waals surface area contributed by atoms with Crippen molar-refractivity contribution >= 4 is 5.69 Å². The molecule has 0 spiro atoms. The zero-order valence-corrected chi connectivity index (χ0v) is 10.5. The minimum atomic E-state index is -0.607. The standard InChI is InChI=1S/C16H11NO3/c17-14-13(15(18)16(14)19)10-6-8-12(9-7-10)20-11-4-2-1-3-5-11/h1-9H,17H2.